The highest BCUT2D eigenvalue weighted by Gasteiger charge is 2.23. The zero-order valence-corrected chi connectivity index (χ0v) is 24.4. The van der Waals surface area contributed by atoms with Gasteiger partial charge in [0.1, 0.15) is 11.1 Å². The normalized spacial score (nSPS) is 11.7. The number of carbonyl (C=O) groups excluding carboxylic acids is 2. The zero-order chi connectivity index (χ0) is 31.0. The third-order valence-corrected chi connectivity index (χ3v) is 6.88. The van der Waals surface area contributed by atoms with E-state index in [1.165, 1.54) is 45.3 Å². The summed E-state index contributed by atoms with van der Waals surface area (Å²) in [4.78, 5) is 24.0. The number of azo groups is 2. The van der Waals surface area contributed by atoms with E-state index in [9.17, 15) is 9.59 Å². The molecule has 0 saturated heterocycles. The summed E-state index contributed by atoms with van der Waals surface area (Å²) < 4.78 is 15.0. The summed E-state index contributed by atoms with van der Waals surface area (Å²) in [7, 11) is 5.73. The molecule has 43 heavy (non-hydrogen) atoms. The molecule has 0 spiro atoms. The fraction of sp³-hybridized carbons (Fsp3) is 0.273. The molecule has 4 N–H and O–H groups in total. The van der Waals surface area contributed by atoms with E-state index >= 15 is 0 Å². The summed E-state index contributed by atoms with van der Waals surface area (Å²) in [6, 6.07) is 0. The Morgan fingerprint density at radius 2 is 1.14 bits per heavy atom. The number of nitrogens with two attached hydrogens (primary N) is 2. The number of carbonyl (C=O) groups is 2. The molecule has 0 aromatic carbocycles. The van der Waals surface area contributed by atoms with E-state index in [1.54, 1.807) is 27.9 Å². The van der Waals surface area contributed by atoms with Crippen LogP contribution in [0.2, 0.25) is 0 Å². The number of rotatable bonds is 8. The minimum absolute atomic E-state index is 0.127. The summed E-state index contributed by atoms with van der Waals surface area (Å²) in [5, 5.41) is 42.5. The number of hydrogen-bond acceptors (Lipinski definition) is 17. The van der Waals surface area contributed by atoms with Crippen LogP contribution in [0, 0.1) is 13.8 Å². The van der Waals surface area contributed by atoms with Crippen LogP contribution in [0.4, 0.5) is 34.6 Å². The Morgan fingerprint density at radius 3 is 1.51 bits per heavy atom. The fourth-order valence-electron chi connectivity index (χ4n) is 3.79. The molecule has 0 atom stereocenters. The molecule has 20 nitrogen and oxygen atoms in total. The Bertz CT molecular complexity index is 1790. The number of nitrogen functional groups attached to an aromatic ring is 2. The van der Waals surface area contributed by atoms with Gasteiger partial charge in [0.05, 0.1) is 38.0 Å². The Morgan fingerprint density at radius 1 is 0.744 bits per heavy atom. The molecule has 5 heterocycles. The lowest BCUT2D eigenvalue weighted by atomic mass is 10.3. The van der Waals surface area contributed by atoms with Crippen LogP contribution in [-0.4, -0.2) is 75.5 Å². The van der Waals surface area contributed by atoms with Crippen LogP contribution in [0.3, 0.4) is 0 Å². The van der Waals surface area contributed by atoms with Gasteiger partial charge in [0, 0.05) is 14.1 Å². The first-order chi connectivity index (χ1) is 20.5. The van der Waals surface area contributed by atoms with Gasteiger partial charge in [0.25, 0.3) is 0 Å². The maximum Gasteiger partial charge on any atom is 0.343 e. The second-order valence-electron chi connectivity index (χ2n) is 8.72. The number of aryl methyl sites for hydroxylation is 4. The number of aromatic nitrogens is 10. The van der Waals surface area contributed by atoms with Crippen molar-refractivity contribution < 1.29 is 19.1 Å². The molecule has 0 aliphatic carbocycles. The molecule has 21 heteroatoms. The molecule has 5 aromatic heterocycles. The standard InChI is InChI=1S/C22H24N16O4S/c1-9-13(27-29-17-11(19(39)41-5)7-25-35(17)3)15(23)37(33-9)21-31-32-22(43-21)38-16(24)14(10(2)34-38)28-30-18-12(20(40)42-6)8-26-36(18)4/h7-8H,23-24H2,1-6H3/b29-27+,30-28+. The van der Waals surface area contributed by atoms with Gasteiger partial charge in [-0.1, -0.05) is 11.3 Å². The summed E-state index contributed by atoms with van der Waals surface area (Å²) >= 11 is 1.09. The van der Waals surface area contributed by atoms with E-state index in [0.717, 1.165) is 11.3 Å². The third kappa shape index (κ3) is 5.07. The molecule has 5 rings (SSSR count). The molecule has 0 unspecified atom stereocenters. The predicted octanol–water partition coefficient (Wildman–Crippen LogP) is 2.56. The highest BCUT2D eigenvalue weighted by atomic mass is 32.1. The molecule has 5 aromatic rings. The molecule has 0 amide bonds. The average molecular weight is 609 g/mol. The molecule has 0 fully saturated rings. The molecule has 0 radical (unpaired) electrons. The first-order valence-corrected chi connectivity index (χ1v) is 13.0. The summed E-state index contributed by atoms with van der Waals surface area (Å²) in [5.74, 6) is -0.600. The van der Waals surface area contributed by atoms with Crippen LogP contribution in [-0.2, 0) is 23.6 Å². The smallest absolute Gasteiger partial charge is 0.343 e. The molecule has 222 valence electrons. The fourth-order valence-corrected chi connectivity index (χ4v) is 4.57. The largest absolute Gasteiger partial charge is 0.465 e. The van der Waals surface area contributed by atoms with Gasteiger partial charge in [-0.05, 0) is 13.8 Å². The third-order valence-electron chi connectivity index (χ3n) is 6.01. The van der Waals surface area contributed by atoms with Crippen molar-refractivity contribution in [2.45, 2.75) is 13.8 Å². The van der Waals surface area contributed by atoms with Crippen molar-refractivity contribution in [3.05, 3.63) is 34.9 Å². The monoisotopic (exact) mass is 608 g/mol. The lowest BCUT2D eigenvalue weighted by molar-refractivity contribution is 0.0592. The number of methoxy groups -OCH3 is 2. The van der Waals surface area contributed by atoms with Crippen LogP contribution < -0.4 is 11.5 Å². The van der Waals surface area contributed by atoms with E-state index in [0.29, 0.717) is 21.7 Å². The topological polar surface area (TPSA) is 251 Å². The SMILES string of the molecule is COC(=O)c1cnn(C)c1/N=N/c1c(C)nn(-c2nnc(-n3nc(C)c(/N=N/c4c(C(=O)OC)cnn4C)c3N)s2)c1N. The molecule has 0 bridgehead atoms. The minimum atomic E-state index is -0.607. The Hall–Kier alpha value is -5.86. The number of nitrogens with zero attached hydrogens (tertiary/aromatic N) is 14. The zero-order valence-electron chi connectivity index (χ0n) is 23.6. The Labute approximate surface area is 245 Å². The number of anilines is 2. The van der Waals surface area contributed by atoms with Crippen molar-refractivity contribution in [1.29, 1.82) is 0 Å². The Balaban J connectivity index is 1.43. The number of esters is 2. The van der Waals surface area contributed by atoms with Crippen molar-refractivity contribution in [2.24, 2.45) is 34.6 Å². The highest BCUT2D eigenvalue weighted by molar-refractivity contribution is 7.16. The second-order valence-corrected chi connectivity index (χ2v) is 9.66. The average Bonchev–Trinajstić information content (AvgIpc) is 3.80. The van der Waals surface area contributed by atoms with Crippen molar-refractivity contribution in [1.82, 2.24) is 49.3 Å². The van der Waals surface area contributed by atoms with Crippen LogP contribution in [0.5, 0.6) is 0 Å². The quantitative estimate of drug-likeness (QED) is 0.190. The van der Waals surface area contributed by atoms with E-state index in [1.807, 2.05) is 0 Å². The lowest BCUT2D eigenvalue weighted by Gasteiger charge is -2.00. The molecule has 0 aliphatic heterocycles. The molecular formula is C22H24N16O4S. The van der Waals surface area contributed by atoms with Gasteiger partial charge in [-0.2, -0.15) is 29.8 Å². The molecule has 0 aliphatic rings. The van der Waals surface area contributed by atoms with Gasteiger partial charge in [-0.25, -0.2) is 19.0 Å². The van der Waals surface area contributed by atoms with Gasteiger partial charge >= 0.3 is 11.9 Å². The summed E-state index contributed by atoms with van der Waals surface area (Å²) in [5.41, 5.74) is 14.4. The van der Waals surface area contributed by atoms with Crippen LogP contribution in [0.15, 0.2) is 32.9 Å². The van der Waals surface area contributed by atoms with Crippen LogP contribution in [0.1, 0.15) is 32.1 Å². The maximum atomic E-state index is 12.0. The molecule has 0 saturated carbocycles. The second kappa shape index (κ2) is 11.2. The predicted molar refractivity (Wildman–Crippen MR) is 150 cm³/mol. The highest BCUT2D eigenvalue weighted by Crippen LogP contribution is 2.35. The van der Waals surface area contributed by atoms with Crippen molar-refractivity contribution in [2.75, 3.05) is 25.7 Å². The van der Waals surface area contributed by atoms with Crippen molar-refractivity contribution in [3.8, 4) is 10.3 Å². The van der Waals surface area contributed by atoms with Gasteiger partial charge in [-0.15, -0.1) is 30.7 Å². The van der Waals surface area contributed by atoms with E-state index in [4.69, 9.17) is 20.9 Å². The van der Waals surface area contributed by atoms with Gasteiger partial charge in [0.2, 0.25) is 10.3 Å². The first-order valence-electron chi connectivity index (χ1n) is 12.1. The van der Waals surface area contributed by atoms with E-state index in [-0.39, 0.29) is 45.8 Å². The van der Waals surface area contributed by atoms with Crippen LogP contribution >= 0.6 is 11.3 Å². The van der Waals surface area contributed by atoms with Gasteiger partial charge in [-0.3, -0.25) is 0 Å². The van der Waals surface area contributed by atoms with E-state index in [2.05, 4.69) is 51.0 Å². The van der Waals surface area contributed by atoms with Gasteiger partial charge < -0.3 is 20.9 Å². The van der Waals surface area contributed by atoms with Gasteiger partial charge in [0.15, 0.2) is 34.6 Å². The summed E-state index contributed by atoms with van der Waals surface area (Å²) in [6.07, 6.45) is 2.66. The lowest BCUT2D eigenvalue weighted by Crippen LogP contribution is -2.01. The number of hydrogen-bond donors (Lipinski definition) is 2. The van der Waals surface area contributed by atoms with Crippen molar-refractivity contribution in [3.63, 3.8) is 0 Å². The maximum absolute atomic E-state index is 12.0. The first kappa shape index (κ1) is 28.7. The van der Waals surface area contributed by atoms with E-state index < -0.39 is 11.9 Å². The Kier molecular flexibility index (Phi) is 7.46. The van der Waals surface area contributed by atoms with Crippen molar-refractivity contribution >= 4 is 57.9 Å². The minimum Gasteiger partial charge on any atom is -0.465 e. The summed E-state index contributed by atoms with van der Waals surface area (Å²) in [6.45, 7) is 3.38. The number of ether oxygens (including phenoxy) is 2. The van der Waals surface area contributed by atoms with Crippen LogP contribution in [0.25, 0.3) is 10.3 Å². The molecular weight excluding hydrogens is 584 g/mol.